The van der Waals surface area contributed by atoms with Gasteiger partial charge in [0.05, 0.1) is 20.8 Å². The van der Waals surface area contributed by atoms with Crippen molar-refractivity contribution in [2.24, 2.45) is 5.73 Å². The number of carbonyl (C=O) groups excluding carboxylic acids is 1. The molecule has 1 fully saturated rings. The Hall–Kier alpha value is -2.14. The maximum atomic E-state index is 12.1. The third-order valence-corrected chi connectivity index (χ3v) is 8.12. The van der Waals surface area contributed by atoms with Crippen LogP contribution in [0.25, 0.3) is 10.2 Å². The van der Waals surface area contributed by atoms with Crippen LogP contribution in [-0.4, -0.2) is 41.1 Å². The van der Waals surface area contributed by atoms with E-state index < -0.39 is 20.5 Å². The van der Waals surface area contributed by atoms with Gasteiger partial charge in [0.25, 0.3) is 5.91 Å². The molecule has 30 heavy (non-hydrogen) atoms. The summed E-state index contributed by atoms with van der Waals surface area (Å²) in [6.07, 6.45) is 3.08. The predicted octanol–water partition coefficient (Wildman–Crippen LogP) is 1.81. The number of sulfone groups is 1. The highest BCUT2D eigenvalue weighted by atomic mass is 35.5. The first-order valence-corrected chi connectivity index (χ1v) is 11.6. The molecule has 10 heteroatoms. The number of nitrogens with zero attached hydrogens (tertiary/aromatic N) is 1. The topological polar surface area (TPSA) is 122 Å². The van der Waals surface area contributed by atoms with Crippen molar-refractivity contribution in [3.8, 4) is 23.7 Å². The van der Waals surface area contributed by atoms with Gasteiger partial charge in [-0.3, -0.25) is 10.0 Å². The van der Waals surface area contributed by atoms with Gasteiger partial charge in [0.15, 0.2) is 9.84 Å². The summed E-state index contributed by atoms with van der Waals surface area (Å²) in [5, 5.41) is 9.60. The van der Waals surface area contributed by atoms with E-state index in [1.54, 1.807) is 0 Å². The summed E-state index contributed by atoms with van der Waals surface area (Å²) in [5.41, 5.74) is 8.56. The van der Waals surface area contributed by atoms with E-state index in [4.69, 9.17) is 10.9 Å². The van der Waals surface area contributed by atoms with Crippen molar-refractivity contribution in [1.29, 1.82) is 0 Å². The summed E-state index contributed by atoms with van der Waals surface area (Å²) >= 11 is 1.41. The largest absolute Gasteiger partial charge is 0.315 e. The van der Waals surface area contributed by atoms with Crippen LogP contribution in [0.15, 0.2) is 18.2 Å². The van der Waals surface area contributed by atoms with Gasteiger partial charge in [-0.15, -0.1) is 23.7 Å². The molecular formula is C20H22ClN3O4S2. The number of hydrogen-bond acceptors (Lipinski definition) is 7. The Morgan fingerprint density at radius 1 is 1.40 bits per heavy atom. The molecule has 2 aromatic rings. The van der Waals surface area contributed by atoms with E-state index in [-0.39, 0.29) is 30.8 Å². The molecule has 160 valence electrons. The van der Waals surface area contributed by atoms with Crippen LogP contribution in [0.2, 0.25) is 0 Å². The molecule has 3 rings (SSSR count). The lowest BCUT2D eigenvalue weighted by molar-refractivity contribution is -0.131. The molecule has 7 nitrogen and oxygen atoms in total. The highest BCUT2D eigenvalue weighted by molar-refractivity contribution is 7.92. The number of hydroxylamine groups is 1. The van der Waals surface area contributed by atoms with Crippen LogP contribution in [0, 0.1) is 23.7 Å². The maximum absolute atomic E-state index is 12.1. The van der Waals surface area contributed by atoms with Crippen LogP contribution < -0.4 is 11.2 Å². The number of thiazole rings is 1. The average Bonchev–Trinajstić information content (AvgIpc) is 3.25. The Balaban J connectivity index is 0.00000320. The molecule has 1 saturated carbocycles. The summed E-state index contributed by atoms with van der Waals surface area (Å²) in [6, 6.07) is 5.58. The molecule has 1 aliphatic rings. The Kier molecular flexibility index (Phi) is 7.18. The standard InChI is InChI=1S/C20H21N3O4S2.ClH/c1-19(18(24)23-25,29(2,26)27)10-8-17-22-15-7-6-14(13-16(15)28-17)5-3-4-9-20(21)11-12-20;/h6-7,13,25H,8,10-12,21H2,1-2H3,(H,23,24);1H. The Bertz CT molecular complexity index is 1200. The normalized spacial score (nSPS) is 16.1. The Labute approximate surface area is 185 Å². The molecule has 1 atom stereocenters. The SMILES string of the molecule is CC(CCc1nc2ccc(C#CC#CC3(N)CC3)cc2s1)(C(=O)NO)S(C)(=O)=O.Cl. The highest BCUT2D eigenvalue weighted by Gasteiger charge is 2.43. The fourth-order valence-corrected chi connectivity index (χ4v) is 4.47. The zero-order valence-electron chi connectivity index (χ0n) is 16.5. The maximum Gasteiger partial charge on any atom is 0.264 e. The van der Waals surface area contributed by atoms with Gasteiger partial charge in [-0.05, 0) is 56.2 Å². The number of hydrogen-bond donors (Lipinski definition) is 3. The van der Waals surface area contributed by atoms with Gasteiger partial charge in [0, 0.05) is 18.2 Å². The van der Waals surface area contributed by atoms with Gasteiger partial charge in [-0.2, -0.15) is 0 Å². The molecule has 1 amide bonds. The third kappa shape index (κ3) is 5.31. The number of amides is 1. The van der Waals surface area contributed by atoms with Gasteiger partial charge in [-0.25, -0.2) is 18.9 Å². The molecule has 0 saturated heterocycles. The number of benzene rings is 1. The van der Waals surface area contributed by atoms with Crippen molar-refractivity contribution in [1.82, 2.24) is 10.5 Å². The van der Waals surface area contributed by atoms with Crippen molar-refractivity contribution in [2.75, 3.05) is 6.26 Å². The van der Waals surface area contributed by atoms with Gasteiger partial charge in [0.1, 0.15) is 4.75 Å². The molecule has 0 spiro atoms. The van der Waals surface area contributed by atoms with Crippen LogP contribution in [-0.2, 0) is 21.1 Å². The van der Waals surface area contributed by atoms with Crippen molar-refractivity contribution < 1.29 is 18.4 Å². The minimum absolute atomic E-state index is 0. The summed E-state index contributed by atoms with van der Waals surface area (Å²) in [4.78, 5) is 16.4. The van der Waals surface area contributed by atoms with Gasteiger partial charge in [0.2, 0.25) is 0 Å². The molecular weight excluding hydrogens is 446 g/mol. The first kappa shape index (κ1) is 24.1. The van der Waals surface area contributed by atoms with Crippen LogP contribution in [0.1, 0.15) is 36.8 Å². The number of halogens is 1. The van der Waals surface area contributed by atoms with Gasteiger partial charge < -0.3 is 5.73 Å². The van der Waals surface area contributed by atoms with Crippen LogP contribution in [0.4, 0.5) is 0 Å². The summed E-state index contributed by atoms with van der Waals surface area (Å²) in [7, 11) is -3.74. The average molecular weight is 468 g/mol. The minimum atomic E-state index is -3.74. The second-order valence-corrected chi connectivity index (χ2v) is 11.0. The number of aromatic nitrogens is 1. The summed E-state index contributed by atoms with van der Waals surface area (Å²) in [6.45, 7) is 1.29. The van der Waals surface area contributed by atoms with Gasteiger partial charge >= 0.3 is 0 Å². The fourth-order valence-electron chi connectivity index (χ4n) is 2.61. The minimum Gasteiger partial charge on any atom is -0.315 e. The first-order chi connectivity index (χ1) is 13.6. The second-order valence-electron chi connectivity index (χ2n) is 7.39. The second kappa shape index (κ2) is 8.93. The number of aryl methyl sites for hydroxylation is 1. The number of fused-ring (bicyclic) bond motifs is 1. The number of rotatable bonds is 5. The van der Waals surface area contributed by atoms with E-state index in [2.05, 4.69) is 28.7 Å². The van der Waals surface area contributed by atoms with E-state index in [1.165, 1.54) is 23.7 Å². The lowest BCUT2D eigenvalue weighted by Gasteiger charge is -2.24. The number of nitrogens with two attached hydrogens (primary N) is 1. The predicted molar refractivity (Wildman–Crippen MR) is 119 cm³/mol. The molecule has 1 unspecified atom stereocenters. The number of nitrogens with one attached hydrogen (secondary N) is 1. The molecule has 0 radical (unpaired) electrons. The van der Waals surface area contributed by atoms with E-state index in [0.717, 1.165) is 34.9 Å². The zero-order chi connectivity index (χ0) is 21.3. The summed E-state index contributed by atoms with van der Waals surface area (Å²) < 4.78 is 23.3. The zero-order valence-corrected chi connectivity index (χ0v) is 18.9. The van der Waals surface area contributed by atoms with Crippen LogP contribution in [0.5, 0.6) is 0 Å². The van der Waals surface area contributed by atoms with Crippen molar-refractivity contribution in [3.63, 3.8) is 0 Å². The molecule has 4 N–H and O–H groups in total. The monoisotopic (exact) mass is 467 g/mol. The van der Waals surface area contributed by atoms with Crippen LogP contribution in [0.3, 0.4) is 0 Å². The smallest absolute Gasteiger partial charge is 0.264 e. The quantitative estimate of drug-likeness (QED) is 0.350. The molecule has 0 bridgehead atoms. The third-order valence-electron chi connectivity index (χ3n) is 5.02. The van der Waals surface area contributed by atoms with Crippen LogP contribution >= 0.6 is 23.7 Å². The van der Waals surface area contributed by atoms with Crippen molar-refractivity contribution in [3.05, 3.63) is 28.8 Å². The lowest BCUT2D eigenvalue weighted by atomic mass is 10.0. The fraction of sp³-hybridized carbons (Fsp3) is 0.400. The van der Waals surface area contributed by atoms with E-state index in [9.17, 15) is 13.2 Å². The molecule has 0 aliphatic heterocycles. The lowest BCUT2D eigenvalue weighted by Crippen LogP contribution is -2.49. The Morgan fingerprint density at radius 3 is 2.70 bits per heavy atom. The highest BCUT2D eigenvalue weighted by Crippen LogP contribution is 2.31. The first-order valence-electron chi connectivity index (χ1n) is 8.92. The van der Waals surface area contributed by atoms with E-state index in [1.807, 2.05) is 18.2 Å². The van der Waals surface area contributed by atoms with E-state index in [0.29, 0.717) is 5.01 Å². The molecule has 1 aromatic heterocycles. The molecule has 1 aromatic carbocycles. The molecule has 1 heterocycles. The van der Waals surface area contributed by atoms with Crippen molar-refractivity contribution in [2.45, 2.75) is 42.9 Å². The number of carbonyl (C=O) groups is 1. The summed E-state index contributed by atoms with van der Waals surface area (Å²) in [5.74, 6) is 10.6. The van der Waals surface area contributed by atoms with E-state index >= 15 is 0 Å². The van der Waals surface area contributed by atoms with Crippen molar-refractivity contribution >= 4 is 49.7 Å². The molecule has 1 aliphatic carbocycles. The van der Waals surface area contributed by atoms with Gasteiger partial charge in [-0.1, -0.05) is 11.8 Å². The Morgan fingerprint density at radius 2 is 2.10 bits per heavy atom.